The highest BCUT2D eigenvalue weighted by molar-refractivity contribution is 4.76. The summed E-state index contributed by atoms with van der Waals surface area (Å²) in [4.78, 5) is 2.62. The number of hydrogen-bond donors (Lipinski definition) is 0. The van der Waals surface area contributed by atoms with Gasteiger partial charge in [0.25, 0.3) is 0 Å². The van der Waals surface area contributed by atoms with E-state index >= 15 is 0 Å². The Hall–Kier alpha value is -0.0400. The molecule has 1 nitrogen and oxygen atoms in total. The van der Waals surface area contributed by atoms with Crippen LogP contribution < -0.4 is 0 Å². The van der Waals surface area contributed by atoms with Gasteiger partial charge >= 0.3 is 0 Å². The first-order chi connectivity index (χ1) is 7.77. The van der Waals surface area contributed by atoms with E-state index in [9.17, 15) is 0 Å². The predicted molar refractivity (Wildman–Crippen MR) is 77.0 cm³/mol. The van der Waals surface area contributed by atoms with Gasteiger partial charge in [-0.3, -0.25) is 0 Å². The fourth-order valence-electron chi connectivity index (χ4n) is 2.35. The van der Waals surface area contributed by atoms with E-state index in [2.05, 4.69) is 25.7 Å². The topological polar surface area (TPSA) is 3.24 Å². The molecule has 0 bridgehead atoms. The lowest BCUT2D eigenvalue weighted by atomic mass is 9.86. The Morgan fingerprint density at radius 3 is 1.50 bits per heavy atom. The molecule has 0 aliphatic heterocycles. The third-order valence-electron chi connectivity index (χ3n) is 3.31. The van der Waals surface area contributed by atoms with Gasteiger partial charge < -0.3 is 4.90 Å². The summed E-state index contributed by atoms with van der Waals surface area (Å²) in [5, 5.41) is 0. The Morgan fingerprint density at radius 1 is 0.812 bits per heavy atom. The van der Waals surface area contributed by atoms with Crippen molar-refractivity contribution in [2.75, 3.05) is 13.1 Å². The first-order valence-corrected chi connectivity index (χ1v) is 7.52. The van der Waals surface area contributed by atoms with Gasteiger partial charge in [-0.05, 0) is 44.7 Å². The SMILES string of the molecule is CC.CC.CCN(CC)C1CCC(C)CC1. The molecule has 1 aliphatic carbocycles. The third-order valence-corrected chi connectivity index (χ3v) is 3.31. The van der Waals surface area contributed by atoms with E-state index in [1.54, 1.807) is 0 Å². The van der Waals surface area contributed by atoms with E-state index in [-0.39, 0.29) is 0 Å². The van der Waals surface area contributed by atoms with Gasteiger partial charge in [-0.25, -0.2) is 0 Å². The van der Waals surface area contributed by atoms with Crippen LogP contribution in [0.5, 0.6) is 0 Å². The van der Waals surface area contributed by atoms with Crippen LogP contribution in [0.4, 0.5) is 0 Å². The van der Waals surface area contributed by atoms with E-state index in [1.807, 2.05) is 27.7 Å². The maximum absolute atomic E-state index is 2.62. The second-order valence-corrected chi connectivity index (χ2v) is 4.13. The first kappa shape index (κ1) is 18.3. The Kier molecular flexibility index (Phi) is 14.9. The van der Waals surface area contributed by atoms with Crippen LogP contribution in [0.25, 0.3) is 0 Å². The van der Waals surface area contributed by atoms with Crippen LogP contribution in [0, 0.1) is 5.92 Å². The summed E-state index contributed by atoms with van der Waals surface area (Å²) < 4.78 is 0. The maximum Gasteiger partial charge on any atom is 0.00952 e. The molecule has 0 atom stereocenters. The highest BCUT2D eigenvalue weighted by Crippen LogP contribution is 2.26. The summed E-state index contributed by atoms with van der Waals surface area (Å²) in [5.74, 6) is 0.983. The molecule has 0 radical (unpaired) electrons. The van der Waals surface area contributed by atoms with Gasteiger partial charge in [0.2, 0.25) is 0 Å². The highest BCUT2D eigenvalue weighted by atomic mass is 15.1. The Labute approximate surface area is 105 Å². The molecule has 0 unspecified atom stereocenters. The molecule has 1 saturated carbocycles. The zero-order valence-electron chi connectivity index (χ0n) is 12.8. The third kappa shape index (κ3) is 7.27. The van der Waals surface area contributed by atoms with Crippen molar-refractivity contribution in [3.8, 4) is 0 Å². The van der Waals surface area contributed by atoms with Crippen molar-refractivity contribution in [3.63, 3.8) is 0 Å². The predicted octanol–water partition coefficient (Wildman–Crippen LogP) is 4.96. The lowest BCUT2D eigenvalue weighted by Crippen LogP contribution is -2.37. The maximum atomic E-state index is 2.62. The van der Waals surface area contributed by atoms with Gasteiger partial charge in [-0.1, -0.05) is 48.5 Å². The molecule has 0 saturated heterocycles. The molecule has 16 heavy (non-hydrogen) atoms. The van der Waals surface area contributed by atoms with Crippen LogP contribution in [0.2, 0.25) is 0 Å². The van der Waals surface area contributed by atoms with Crippen molar-refractivity contribution in [2.45, 2.75) is 80.2 Å². The highest BCUT2D eigenvalue weighted by Gasteiger charge is 2.21. The van der Waals surface area contributed by atoms with Gasteiger partial charge in [0.15, 0.2) is 0 Å². The molecule has 100 valence electrons. The van der Waals surface area contributed by atoms with Crippen molar-refractivity contribution < 1.29 is 0 Å². The monoisotopic (exact) mass is 229 g/mol. The summed E-state index contributed by atoms with van der Waals surface area (Å²) in [5.41, 5.74) is 0. The first-order valence-electron chi connectivity index (χ1n) is 7.52. The Morgan fingerprint density at radius 2 is 1.19 bits per heavy atom. The van der Waals surface area contributed by atoms with Gasteiger partial charge in [0, 0.05) is 6.04 Å². The summed E-state index contributed by atoms with van der Waals surface area (Å²) in [7, 11) is 0. The van der Waals surface area contributed by atoms with Crippen molar-refractivity contribution in [2.24, 2.45) is 5.92 Å². The van der Waals surface area contributed by atoms with E-state index in [1.165, 1.54) is 38.8 Å². The second-order valence-electron chi connectivity index (χ2n) is 4.13. The van der Waals surface area contributed by atoms with Crippen LogP contribution >= 0.6 is 0 Å². The lowest BCUT2D eigenvalue weighted by molar-refractivity contribution is 0.153. The molecule has 1 heteroatoms. The zero-order chi connectivity index (χ0) is 13.0. The quantitative estimate of drug-likeness (QED) is 0.661. The summed E-state index contributed by atoms with van der Waals surface area (Å²) in [6.07, 6.45) is 5.76. The minimum atomic E-state index is 0.899. The van der Waals surface area contributed by atoms with Crippen molar-refractivity contribution in [1.29, 1.82) is 0 Å². The summed E-state index contributed by atoms with van der Waals surface area (Å²) >= 11 is 0. The molecular formula is C15H35N. The average Bonchev–Trinajstić information content (AvgIpc) is 2.38. The number of nitrogens with zero attached hydrogens (tertiary/aromatic N) is 1. The Bertz CT molecular complexity index is 111. The van der Waals surface area contributed by atoms with E-state index < -0.39 is 0 Å². The number of hydrogen-bond acceptors (Lipinski definition) is 1. The smallest absolute Gasteiger partial charge is 0.00952 e. The van der Waals surface area contributed by atoms with E-state index in [4.69, 9.17) is 0 Å². The molecule has 0 aromatic heterocycles. The van der Waals surface area contributed by atoms with Crippen LogP contribution in [0.15, 0.2) is 0 Å². The summed E-state index contributed by atoms with van der Waals surface area (Å²) in [6.45, 7) is 17.4. The zero-order valence-corrected chi connectivity index (χ0v) is 12.8. The van der Waals surface area contributed by atoms with Crippen LogP contribution in [-0.2, 0) is 0 Å². The van der Waals surface area contributed by atoms with Gasteiger partial charge in [-0.2, -0.15) is 0 Å². The molecule has 1 aliphatic rings. The van der Waals surface area contributed by atoms with Gasteiger partial charge in [0.1, 0.15) is 0 Å². The van der Waals surface area contributed by atoms with Gasteiger partial charge in [0.05, 0.1) is 0 Å². The van der Waals surface area contributed by atoms with E-state index in [0.717, 1.165) is 12.0 Å². The summed E-state index contributed by atoms with van der Waals surface area (Å²) in [6, 6.07) is 0.899. The Balaban J connectivity index is 0. The fraction of sp³-hybridized carbons (Fsp3) is 1.00. The second kappa shape index (κ2) is 13.0. The molecule has 1 fully saturated rings. The minimum Gasteiger partial charge on any atom is -0.301 e. The van der Waals surface area contributed by atoms with E-state index in [0.29, 0.717) is 0 Å². The normalized spacial score (nSPS) is 24.0. The molecular weight excluding hydrogens is 194 g/mol. The standard InChI is InChI=1S/C11H23N.2C2H6/c1-4-12(5-2)11-8-6-10(3)7-9-11;2*1-2/h10-11H,4-9H2,1-3H3;2*1-2H3. The average molecular weight is 229 g/mol. The van der Waals surface area contributed by atoms with Crippen molar-refractivity contribution >= 4 is 0 Å². The largest absolute Gasteiger partial charge is 0.301 e. The van der Waals surface area contributed by atoms with Crippen LogP contribution in [0.3, 0.4) is 0 Å². The molecule has 0 spiro atoms. The number of rotatable bonds is 3. The molecule has 1 rings (SSSR count). The van der Waals surface area contributed by atoms with Crippen LogP contribution in [0.1, 0.15) is 74.1 Å². The van der Waals surface area contributed by atoms with Crippen molar-refractivity contribution in [1.82, 2.24) is 4.90 Å². The fourth-order valence-corrected chi connectivity index (χ4v) is 2.35. The minimum absolute atomic E-state index is 0.899. The molecule has 0 heterocycles. The molecule has 0 aromatic rings. The lowest BCUT2D eigenvalue weighted by Gasteiger charge is -2.34. The van der Waals surface area contributed by atoms with Gasteiger partial charge in [-0.15, -0.1) is 0 Å². The van der Waals surface area contributed by atoms with Crippen LogP contribution in [-0.4, -0.2) is 24.0 Å². The molecule has 0 N–H and O–H groups in total. The van der Waals surface area contributed by atoms with Crippen molar-refractivity contribution in [3.05, 3.63) is 0 Å². The molecule has 0 amide bonds. The molecule has 0 aromatic carbocycles.